The molecular formula is C14H11BrN2O3S. The third-order valence-electron chi connectivity index (χ3n) is 2.47. The lowest BCUT2D eigenvalue weighted by atomic mass is 10.2. The Morgan fingerprint density at radius 3 is 2.48 bits per heavy atom. The molecule has 1 aromatic carbocycles. The average molecular weight is 367 g/mol. The molecule has 0 saturated heterocycles. The van der Waals surface area contributed by atoms with Crippen LogP contribution in [-0.2, 0) is 4.79 Å². The van der Waals surface area contributed by atoms with Crippen LogP contribution in [0.1, 0.15) is 10.4 Å². The number of aromatic nitrogens is 1. The molecule has 2 rings (SSSR count). The number of nitrogens with one attached hydrogen (secondary N) is 1. The van der Waals surface area contributed by atoms with Crippen LogP contribution in [0.15, 0.2) is 52.0 Å². The Labute approximate surface area is 133 Å². The molecule has 1 aromatic heterocycles. The van der Waals surface area contributed by atoms with E-state index < -0.39 is 5.97 Å². The van der Waals surface area contributed by atoms with E-state index in [1.807, 2.05) is 0 Å². The van der Waals surface area contributed by atoms with Gasteiger partial charge in [-0.25, -0.2) is 9.78 Å². The number of anilines is 1. The first-order valence-corrected chi connectivity index (χ1v) is 7.70. The first-order valence-electron chi connectivity index (χ1n) is 5.92. The topological polar surface area (TPSA) is 79.3 Å². The van der Waals surface area contributed by atoms with E-state index in [1.54, 1.807) is 30.5 Å². The number of carboxylic acids is 1. The number of carboxylic acid groups (broad SMARTS) is 1. The molecule has 2 N–H and O–H groups in total. The largest absolute Gasteiger partial charge is 0.478 e. The van der Waals surface area contributed by atoms with Gasteiger partial charge in [0.05, 0.1) is 11.3 Å². The summed E-state index contributed by atoms with van der Waals surface area (Å²) in [6, 6.07) is 9.88. The number of thioether (sulfide) groups is 1. The maximum absolute atomic E-state index is 11.8. The fourth-order valence-corrected chi connectivity index (χ4v) is 2.40. The Morgan fingerprint density at radius 2 is 1.90 bits per heavy atom. The van der Waals surface area contributed by atoms with Gasteiger partial charge < -0.3 is 10.4 Å². The molecule has 0 radical (unpaired) electrons. The summed E-state index contributed by atoms with van der Waals surface area (Å²) in [6.45, 7) is 0. The van der Waals surface area contributed by atoms with Crippen LogP contribution in [-0.4, -0.2) is 27.7 Å². The van der Waals surface area contributed by atoms with Gasteiger partial charge in [0.15, 0.2) is 0 Å². The molecule has 0 atom stereocenters. The van der Waals surface area contributed by atoms with Gasteiger partial charge >= 0.3 is 5.97 Å². The number of hydrogen-bond acceptors (Lipinski definition) is 4. The lowest BCUT2D eigenvalue weighted by Gasteiger charge is -2.04. The van der Waals surface area contributed by atoms with Crippen molar-refractivity contribution in [1.29, 1.82) is 0 Å². The van der Waals surface area contributed by atoms with E-state index in [9.17, 15) is 9.59 Å². The van der Waals surface area contributed by atoms with E-state index in [4.69, 9.17) is 5.11 Å². The van der Waals surface area contributed by atoms with Gasteiger partial charge in [0.2, 0.25) is 5.91 Å². The Balaban J connectivity index is 1.86. The molecule has 108 valence electrons. The van der Waals surface area contributed by atoms with Crippen molar-refractivity contribution in [2.75, 3.05) is 11.1 Å². The van der Waals surface area contributed by atoms with Crippen molar-refractivity contribution < 1.29 is 14.7 Å². The highest BCUT2D eigenvalue weighted by Gasteiger charge is 2.06. The van der Waals surface area contributed by atoms with Crippen LogP contribution in [0.3, 0.4) is 0 Å². The summed E-state index contributed by atoms with van der Waals surface area (Å²) in [4.78, 5) is 27.4. The van der Waals surface area contributed by atoms with E-state index in [2.05, 4.69) is 26.2 Å². The number of carbonyl (C=O) groups is 2. The Hall–Kier alpha value is -1.86. The number of carbonyl (C=O) groups excluding carboxylic acids is 1. The van der Waals surface area contributed by atoms with Crippen LogP contribution in [0.4, 0.5) is 5.82 Å². The van der Waals surface area contributed by atoms with Crippen LogP contribution in [0.2, 0.25) is 0 Å². The van der Waals surface area contributed by atoms with Gasteiger partial charge in [-0.3, -0.25) is 4.79 Å². The molecule has 0 saturated carbocycles. The van der Waals surface area contributed by atoms with Crippen LogP contribution in [0.25, 0.3) is 0 Å². The third-order valence-corrected chi connectivity index (χ3v) is 3.95. The molecule has 2 aromatic rings. The van der Waals surface area contributed by atoms with Gasteiger partial charge in [-0.2, -0.15) is 0 Å². The summed E-state index contributed by atoms with van der Waals surface area (Å²) in [5, 5.41) is 11.5. The minimum absolute atomic E-state index is 0.169. The zero-order chi connectivity index (χ0) is 15.2. The molecule has 1 amide bonds. The van der Waals surface area contributed by atoms with Gasteiger partial charge in [-0.05, 0) is 52.3 Å². The molecular weight excluding hydrogens is 356 g/mol. The van der Waals surface area contributed by atoms with E-state index in [0.717, 1.165) is 9.37 Å². The predicted octanol–water partition coefficient (Wildman–Crippen LogP) is 3.27. The van der Waals surface area contributed by atoms with Gasteiger partial charge in [-0.15, -0.1) is 11.8 Å². The number of hydrogen-bond donors (Lipinski definition) is 2. The summed E-state index contributed by atoms with van der Waals surface area (Å²) in [6.07, 6.45) is 1.60. The number of pyridine rings is 1. The highest BCUT2D eigenvalue weighted by Crippen LogP contribution is 2.19. The normalized spacial score (nSPS) is 10.1. The number of nitrogens with zero attached hydrogens (tertiary/aromatic N) is 1. The monoisotopic (exact) mass is 366 g/mol. The Bertz CT molecular complexity index is 644. The molecule has 0 bridgehead atoms. The summed E-state index contributed by atoms with van der Waals surface area (Å²) >= 11 is 4.60. The predicted molar refractivity (Wildman–Crippen MR) is 84.7 cm³/mol. The number of benzene rings is 1. The maximum atomic E-state index is 11.8. The van der Waals surface area contributed by atoms with Crippen molar-refractivity contribution in [3.05, 3.63) is 52.6 Å². The standard InChI is InChI=1S/C14H11BrN2O3S/c15-10-3-6-12(16-7-10)17-13(18)8-21-11-4-1-9(2-5-11)14(19)20/h1-7H,8H2,(H,19,20)(H,16,17,18). The number of halogens is 1. The lowest BCUT2D eigenvalue weighted by molar-refractivity contribution is -0.113. The molecule has 0 aliphatic rings. The van der Waals surface area contributed by atoms with E-state index in [-0.39, 0.29) is 17.2 Å². The second kappa shape index (κ2) is 7.24. The highest BCUT2D eigenvalue weighted by atomic mass is 79.9. The Morgan fingerprint density at radius 1 is 1.19 bits per heavy atom. The molecule has 0 aliphatic heterocycles. The van der Waals surface area contributed by atoms with E-state index in [1.165, 1.54) is 23.9 Å². The summed E-state index contributed by atoms with van der Waals surface area (Å²) in [5.41, 5.74) is 0.225. The highest BCUT2D eigenvalue weighted by molar-refractivity contribution is 9.10. The van der Waals surface area contributed by atoms with Crippen molar-refractivity contribution in [2.45, 2.75) is 4.90 Å². The summed E-state index contributed by atoms with van der Waals surface area (Å²) < 4.78 is 0.841. The third kappa shape index (κ3) is 4.87. The lowest BCUT2D eigenvalue weighted by Crippen LogP contribution is -2.14. The van der Waals surface area contributed by atoms with Crippen molar-refractivity contribution in [3.63, 3.8) is 0 Å². The van der Waals surface area contributed by atoms with Crippen LogP contribution in [0, 0.1) is 0 Å². The summed E-state index contributed by atoms with van der Waals surface area (Å²) in [7, 11) is 0. The molecule has 21 heavy (non-hydrogen) atoms. The summed E-state index contributed by atoms with van der Waals surface area (Å²) in [5.74, 6) is -0.419. The fraction of sp³-hybridized carbons (Fsp3) is 0.0714. The molecule has 5 nitrogen and oxygen atoms in total. The minimum atomic E-state index is -0.967. The van der Waals surface area contributed by atoms with Crippen molar-refractivity contribution in [1.82, 2.24) is 4.98 Å². The second-order valence-electron chi connectivity index (χ2n) is 4.03. The van der Waals surface area contributed by atoms with Crippen molar-refractivity contribution >= 4 is 45.4 Å². The van der Waals surface area contributed by atoms with E-state index in [0.29, 0.717) is 5.82 Å². The van der Waals surface area contributed by atoms with Gasteiger partial charge in [0.25, 0.3) is 0 Å². The molecule has 0 aliphatic carbocycles. The SMILES string of the molecule is O=C(CSc1ccc(C(=O)O)cc1)Nc1ccc(Br)cn1. The molecule has 0 spiro atoms. The first kappa shape index (κ1) is 15.5. The zero-order valence-corrected chi connectivity index (χ0v) is 13.1. The van der Waals surface area contributed by atoms with Crippen molar-refractivity contribution in [3.8, 4) is 0 Å². The van der Waals surface area contributed by atoms with Crippen LogP contribution in [0.5, 0.6) is 0 Å². The zero-order valence-electron chi connectivity index (χ0n) is 10.7. The number of amides is 1. The molecule has 7 heteroatoms. The quantitative estimate of drug-likeness (QED) is 0.793. The first-order chi connectivity index (χ1) is 10.0. The number of aromatic carboxylic acids is 1. The number of rotatable bonds is 5. The van der Waals surface area contributed by atoms with E-state index >= 15 is 0 Å². The van der Waals surface area contributed by atoms with Crippen LogP contribution < -0.4 is 5.32 Å². The smallest absolute Gasteiger partial charge is 0.335 e. The molecule has 0 fully saturated rings. The molecule has 0 unspecified atom stereocenters. The van der Waals surface area contributed by atoms with Crippen LogP contribution >= 0.6 is 27.7 Å². The molecule has 1 heterocycles. The fourth-order valence-electron chi connectivity index (χ4n) is 1.47. The van der Waals surface area contributed by atoms with Gasteiger partial charge in [0.1, 0.15) is 5.82 Å². The van der Waals surface area contributed by atoms with Gasteiger partial charge in [0, 0.05) is 15.6 Å². The van der Waals surface area contributed by atoms with Crippen molar-refractivity contribution in [2.24, 2.45) is 0 Å². The Kier molecular flexibility index (Phi) is 5.35. The van der Waals surface area contributed by atoms with Gasteiger partial charge in [-0.1, -0.05) is 0 Å². The second-order valence-corrected chi connectivity index (χ2v) is 5.99. The average Bonchev–Trinajstić information content (AvgIpc) is 2.48. The minimum Gasteiger partial charge on any atom is -0.478 e. The maximum Gasteiger partial charge on any atom is 0.335 e.